The monoisotopic (exact) mass is 190 g/mol. The Labute approximate surface area is 85.9 Å². The maximum Gasteiger partial charge on any atom is 0.162 e. The zero-order valence-corrected chi connectivity index (χ0v) is 9.31. The number of carbonyl (C=O) groups excluding carboxylic acids is 1. The van der Waals surface area contributed by atoms with Crippen LogP contribution in [0.4, 0.5) is 0 Å². The van der Waals surface area contributed by atoms with Gasteiger partial charge in [-0.2, -0.15) is 0 Å². The van der Waals surface area contributed by atoms with E-state index in [0.717, 1.165) is 31.3 Å². The van der Waals surface area contributed by atoms with Crippen molar-refractivity contribution >= 4 is 5.78 Å². The highest BCUT2D eigenvalue weighted by atomic mass is 16.1. The lowest BCUT2D eigenvalue weighted by atomic mass is 9.84. The second-order valence-electron chi connectivity index (χ2n) is 5.39. The Morgan fingerprint density at radius 3 is 2.50 bits per heavy atom. The number of allylic oxidation sites excluding steroid dienone is 4. The molecular weight excluding hydrogens is 172 g/mol. The topological polar surface area (TPSA) is 17.1 Å². The molecule has 0 aromatic heterocycles. The highest BCUT2D eigenvalue weighted by molar-refractivity contribution is 6.00. The fourth-order valence-electron chi connectivity index (χ4n) is 2.23. The Hall–Kier alpha value is -0.850. The van der Waals surface area contributed by atoms with Gasteiger partial charge < -0.3 is 0 Å². The van der Waals surface area contributed by atoms with Crippen molar-refractivity contribution in [3.8, 4) is 0 Å². The SMILES string of the molecule is CC(C)(C)C1=CC2=C(CCCC2=O)C1. The third kappa shape index (κ3) is 1.56. The molecule has 0 atom stereocenters. The molecule has 2 aliphatic carbocycles. The zero-order chi connectivity index (χ0) is 10.3. The van der Waals surface area contributed by atoms with E-state index in [0.29, 0.717) is 5.78 Å². The van der Waals surface area contributed by atoms with Gasteiger partial charge in [0.05, 0.1) is 0 Å². The second kappa shape index (κ2) is 3.08. The van der Waals surface area contributed by atoms with E-state index in [1.54, 1.807) is 0 Å². The van der Waals surface area contributed by atoms with Gasteiger partial charge in [-0.3, -0.25) is 4.79 Å². The molecule has 0 saturated carbocycles. The number of rotatable bonds is 0. The van der Waals surface area contributed by atoms with Crippen molar-refractivity contribution in [2.45, 2.75) is 46.5 Å². The minimum absolute atomic E-state index is 0.220. The van der Waals surface area contributed by atoms with Crippen LogP contribution in [0.1, 0.15) is 46.5 Å². The highest BCUT2D eigenvalue weighted by Crippen LogP contribution is 2.41. The molecule has 76 valence electrons. The Morgan fingerprint density at radius 2 is 1.93 bits per heavy atom. The van der Waals surface area contributed by atoms with Crippen LogP contribution in [0.3, 0.4) is 0 Å². The minimum atomic E-state index is 0.220. The van der Waals surface area contributed by atoms with Gasteiger partial charge in [0.1, 0.15) is 0 Å². The first-order valence-corrected chi connectivity index (χ1v) is 5.45. The summed E-state index contributed by atoms with van der Waals surface area (Å²) in [6.07, 6.45) is 6.15. The lowest BCUT2D eigenvalue weighted by molar-refractivity contribution is -0.115. The van der Waals surface area contributed by atoms with Crippen LogP contribution in [0.2, 0.25) is 0 Å². The molecule has 2 aliphatic rings. The van der Waals surface area contributed by atoms with Crippen molar-refractivity contribution in [2.75, 3.05) is 0 Å². The maximum absolute atomic E-state index is 11.6. The van der Waals surface area contributed by atoms with Crippen molar-refractivity contribution in [3.05, 3.63) is 22.8 Å². The standard InChI is InChI=1S/C13H18O/c1-13(2,3)10-7-9-5-4-6-12(14)11(9)8-10/h8H,4-7H2,1-3H3. The molecule has 0 bridgehead atoms. The largest absolute Gasteiger partial charge is 0.294 e. The molecule has 1 heteroatoms. The van der Waals surface area contributed by atoms with Crippen LogP contribution in [-0.4, -0.2) is 5.78 Å². The van der Waals surface area contributed by atoms with E-state index in [-0.39, 0.29) is 5.41 Å². The molecule has 0 fully saturated rings. The third-order valence-corrected chi connectivity index (χ3v) is 3.25. The molecule has 0 aromatic carbocycles. The predicted molar refractivity (Wildman–Crippen MR) is 58.0 cm³/mol. The number of hydrogen-bond donors (Lipinski definition) is 0. The molecule has 2 rings (SSSR count). The van der Waals surface area contributed by atoms with Gasteiger partial charge in [0.15, 0.2) is 5.78 Å². The Balaban J connectivity index is 2.28. The molecule has 0 saturated heterocycles. The summed E-state index contributed by atoms with van der Waals surface area (Å²) in [6.45, 7) is 6.67. The van der Waals surface area contributed by atoms with E-state index >= 15 is 0 Å². The van der Waals surface area contributed by atoms with Crippen LogP contribution in [-0.2, 0) is 4.79 Å². The van der Waals surface area contributed by atoms with Gasteiger partial charge in [0.25, 0.3) is 0 Å². The number of Topliss-reactive ketones (excluding diaryl/α,β-unsaturated/α-hetero) is 1. The first kappa shape index (κ1) is 9.70. The maximum atomic E-state index is 11.6. The van der Waals surface area contributed by atoms with Crippen LogP contribution >= 0.6 is 0 Å². The van der Waals surface area contributed by atoms with Gasteiger partial charge in [0.2, 0.25) is 0 Å². The highest BCUT2D eigenvalue weighted by Gasteiger charge is 2.29. The van der Waals surface area contributed by atoms with Gasteiger partial charge in [0, 0.05) is 12.0 Å². The molecule has 1 nitrogen and oxygen atoms in total. The van der Waals surface area contributed by atoms with Crippen molar-refractivity contribution in [3.63, 3.8) is 0 Å². The minimum Gasteiger partial charge on any atom is -0.294 e. The molecule has 0 aliphatic heterocycles. The summed E-state index contributed by atoms with van der Waals surface area (Å²) < 4.78 is 0. The summed E-state index contributed by atoms with van der Waals surface area (Å²) in [4.78, 5) is 11.6. The Kier molecular flexibility index (Phi) is 2.13. The van der Waals surface area contributed by atoms with Crippen LogP contribution in [0.25, 0.3) is 0 Å². The van der Waals surface area contributed by atoms with E-state index < -0.39 is 0 Å². The van der Waals surface area contributed by atoms with E-state index in [1.807, 2.05) is 0 Å². The molecule has 0 spiro atoms. The molecule has 0 radical (unpaired) electrons. The lowest BCUT2D eigenvalue weighted by Gasteiger charge is -2.20. The quantitative estimate of drug-likeness (QED) is 0.572. The fraction of sp³-hybridized carbons (Fsp3) is 0.615. The van der Waals surface area contributed by atoms with Gasteiger partial charge in [-0.1, -0.05) is 38.0 Å². The summed E-state index contributed by atoms with van der Waals surface area (Å²) in [7, 11) is 0. The summed E-state index contributed by atoms with van der Waals surface area (Å²) in [6, 6.07) is 0. The van der Waals surface area contributed by atoms with Gasteiger partial charge in [-0.15, -0.1) is 0 Å². The van der Waals surface area contributed by atoms with Crippen LogP contribution in [0, 0.1) is 5.41 Å². The first-order valence-electron chi connectivity index (χ1n) is 5.45. The van der Waals surface area contributed by atoms with E-state index in [9.17, 15) is 4.79 Å². The van der Waals surface area contributed by atoms with E-state index in [4.69, 9.17) is 0 Å². The van der Waals surface area contributed by atoms with Crippen LogP contribution in [0.15, 0.2) is 22.8 Å². The molecule has 0 amide bonds. The van der Waals surface area contributed by atoms with Crippen LogP contribution < -0.4 is 0 Å². The predicted octanol–water partition coefficient (Wildman–Crippen LogP) is 3.41. The molecule has 0 N–H and O–H groups in total. The second-order valence-corrected chi connectivity index (χ2v) is 5.39. The summed E-state index contributed by atoms with van der Waals surface area (Å²) in [5.74, 6) is 0.366. The number of ketones is 1. The Bertz CT molecular complexity index is 337. The van der Waals surface area contributed by atoms with Gasteiger partial charge in [-0.05, 0) is 24.7 Å². The molecule has 0 heterocycles. The average Bonchev–Trinajstić information content (AvgIpc) is 2.48. The van der Waals surface area contributed by atoms with Crippen molar-refractivity contribution in [1.82, 2.24) is 0 Å². The van der Waals surface area contributed by atoms with Crippen molar-refractivity contribution < 1.29 is 4.79 Å². The van der Waals surface area contributed by atoms with Crippen molar-refractivity contribution in [2.24, 2.45) is 5.41 Å². The fourth-order valence-corrected chi connectivity index (χ4v) is 2.23. The molecular formula is C13H18O. The zero-order valence-electron chi connectivity index (χ0n) is 9.31. The summed E-state index contributed by atoms with van der Waals surface area (Å²) >= 11 is 0. The number of hydrogen-bond acceptors (Lipinski definition) is 1. The van der Waals surface area contributed by atoms with Gasteiger partial charge >= 0.3 is 0 Å². The summed E-state index contributed by atoms with van der Waals surface area (Å²) in [5, 5.41) is 0. The lowest BCUT2D eigenvalue weighted by Crippen LogP contribution is -2.08. The first-order chi connectivity index (χ1) is 6.48. The summed E-state index contributed by atoms with van der Waals surface area (Å²) in [5.41, 5.74) is 4.09. The molecule has 14 heavy (non-hydrogen) atoms. The third-order valence-electron chi connectivity index (χ3n) is 3.25. The normalized spacial score (nSPS) is 22.5. The van der Waals surface area contributed by atoms with Crippen molar-refractivity contribution in [1.29, 1.82) is 0 Å². The average molecular weight is 190 g/mol. The van der Waals surface area contributed by atoms with E-state index in [2.05, 4.69) is 26.8 Å². The number of carbonyl (C=O) groups is 1. The Morgan fingerprint density at radius 1 is 1.21 bits per heavy atom. The van der Waals surface area contributed by atoms with E-state index in [1.165, 1.54) is 11.1 Å². The molecule has 0 aromatic rings. The molecule has 0 unspecified atom stereocenters. The van der Waals surface area contributed by atoms with Gasteiger partial charge in [-0.25, -0.2) is 0 Å². The smallest absolute Gasteiger partial charge is 0.162 e. The van der Waals surface area contributed by atoms with Crippen LogP contribution in [0.5, 0.6) is 0 Å².